The van der Waals surface area contributed by atoms with Gasteiger partial charge < -0.3 is 9.64 Å². The molecule has 0 radical (unpaired) electrons. The lowest BCUT2D eigenvalue weighted by atomic mass is 9.93. The van der Waals surface area contributed by atoms with Gasteiger partial charge in [-0.2, -0.15) is 0 Å². The average Bonchev–Trinajstić information content (AvgIpc) is 2.79. The predicted octanol–water partition coefficient (Wildman–Crippen LogP) is 3.29. The van der Waals surface area contributed by atoms with Crippen LogP contribution >= 0.6 is 11.6 Å². The van der Waals surface area contributed by atoms with Crippen LogP contribution in [0.4, 0.5) is 0 Å². The highest BCUT2D eigenvalue weighted by molar-refractivity contribution is 6.19. The predicted molar refractivity (Wildman–Crippen MR) is 128 cm³/mol. The minimum Gasteiger partial charge on any atom is -0.383 e. The number of rotatable bonds is 8. The van der Waals surface area contributed by atoms with Gasteiger partial charge in [0.05, 0.1) is 35.5 Å². The lowest BCUT2D eigenvalue weighted by Crippen LogP contribution is -2.57. The van der Waals surface area contributed by atoms with Crippen molar-refractivity contribution in [1.29, 1.82) is 0 Å². The summed E-state index contributed by atoms with van der Waals surface area (Å²) in [5, 5.41) is 0.620. The van der Waals surface area contributed by atoms with Crippen LogP contribution < -0.4 is 5.56 Å². The van der Waals surface area contributed by atoms with E-state index in [1.807, 2.05) is 43.0 Å². The van der Waals surface area contributed by atoms with Gasteiger partial charge in [0.25, 0.3) is 5.56 Å². The molecule has 0 aliphatic carbocycles. The van der Waals surface area contributed by atoms with Crippen LogP contribution in [-0.4, -0.2) is 70.5 Å². The van der Waals surface area contributed by atoms with E-state index in [0.717, 1.165) is 25.3 Å². The van der Waals surface area contributed by atoms with Crippen LogP contribution in [0.5, 0.6) is 0 Å². The van der Waals surface area contributed by atoms with Gasteiger partial charge in [-0.3, -0.25) is 19.1 Å². The molecule has 1 aromatic heterocycles. The summed E-state index contributed by atoms with van der Waals surface area (Å²) in [6.07, 6.45) is 0.811. The molecule has 1 aliphatic heterocycles. The molecule has 2 atom stereocenters. The topological polar surface area (TPSA) is 67.7 Å². The molecule has 1 aliphatic rings. The second kappa shape index (κ2) is 10.3. The Hall–Kier alpha value is -1.96. The van der Waals surface area contributed by atoms with Crippen LogP contribution in [0.2, 0.25) is 0 Å². The molecule has 32 heavy (non-hydrogen) atoms. The van der Waals surface area contributed by atoms with Crippen molar-refractivity contribution < 1.29 is 9.53 Å². The number of carbonyl (C=O) groups excluding carboxylic acids is 1. The highest BCUT2D eigenvalue weighted by Gasteiger charge is 2.38. The summed E-state index contributed by atoms with van der Waals surface area (Å²) < 4.78 is 7.03. The molecule has 1 aromatic carbocycles. The van der Waals surface area contributed by atoms with Crippen LogP contribution in [0.15, 0.2) is 29.1 Å². The molecule has 1 saturated heterocycles. The lowest BCUT2D eigenvalue weighted by Gasteiger charge is -2.45. The van der Waals surface area contributed by atoms with Crippen LogP contribution in [-0.2, 0) is 16.1 Å². The first-order valence-electron chi connectivity index (χ1n) is 11.3. The Bertz CT molecular complexity index is 1010. The van der Waals surface area contributed by atoms with Crippen molar-refractivity contribution in [3.8, 4) is 0 Å². The maximum atomic E-state index is 13.3. The van der Waals surface area contributed by atoms with Crippen LogP contribution in [0.25, 0.3) is 10.9 Å². The van der Waals surface area contributed by atoms with Gasteiger partial charge in [0.15, 0.2) is 0 Å². The van der Waals surface area contributed by atoms with Gasteiger partial charge in [-0.05, 0) is 39.3 Å². The molecule has 0 spiro atoms. The quantitative estimate of drug-likeness (QED) is 0.563. The molecule has 0 bridgehead atoms. The van der Waals surface area contributed by atoms with Crippen molar-refractivity contribution in [2.45, 2.75) is 52.7 Å². The number of hydrogen-bond donors (Lipinski definition) is 0. The molecule has 7 nitrogen and oxygen atoms in total. The second-order valence-electron chi connectivity index (χ2n) is 9.22. The Morgan fingerprint density at radius 2 is 2.03 bits per heavy atom. The first kappa shape index (κ1) is 24.7. The van der Waals surface area contributed by atoms with Crippen molar-refractivity contribution in [2.75, 3.05) is 39.2 Å². The first-order chi connectivity index (χ1) is 15.2. The number of fused-ring (bicyclic) bond motifs is 1. The Morgan fingerprint density at radius 1 is 1.31 bits per heavy atom. The summed E-state index contributed by atoms with van der Waals surface area (Å²) in [5.74, 6) is 1.15. The zero-order valence-corrected chi connectivity index (χ0v) is 20.6. The molecule has 2 aromatic rings. The molecular weight excluding hydrogens is 428 g/mol. The number of hydrogen-bond acceptors (Lipinski definition) is 5. The van der Waals surface area contributed by atoms with E-state index in [9.17, 15) is 9.59 Å². The number of carbonyl (C=O) groups is 1. The Morgan fingerprint density at radius 3 is 2.66 bits per heavy atom. The minimum atomic E-state index is -0.581. The van der Waals surface area contributed by atoms with E-state index >= 15 is 0 Å². The standard InChI is InChI=1S/C24H35ClN4O3/c1-6-20(27-11-12-28(17(2)15-27)23(31)24(3,4)16-25)21-26-19-10-8-7-9-18(19)22(30)29(21)13-14-32-5/h7-10,17,20H,6,11-16H2,1-5H3. The molecule has 0 N–H and O–H groups in total. The number of amides is 1. The molecule has 176 valence electrons. The number of benzene rings is 1. The molecular formula is C24H35ClN4O3. The SMILES string of the molecule is CCC(c1nc2ccccc2c(=O)n1CCOC)N1CCN(C(=O)C(C)(C)CCl)C(C)C1. The molecule has 8 heteroatoms. The fourth-order valence-corrected chi connectivity index (χ4v) is 4.57. The fourth-order valence-electron chi connectivity index (χ4n) is 4.46. The summed E-state index contributed by atoms with van der Waals surface area (Å²) >= 11 is 6.05. The van der Waals surface area contributed by atoms with Gasteiger partial charge >= 0.3 is 0 Å². The van der Waals surface area contributed by atoms with Gasteiger partial charge in [-0.1, -0.05) is 19.1 Å². The van der Waals surface area contributed by atoms with E-state index in [4.69, 9.17) is 21.3 Å². The molecule has 0 saturated carbocycles. The van der Waals surface area contributed by atoms with E-state index in [-0.39, 0.29) is 23.6 Å². The largest absolute Gasteiger partial charge is 0.383 e. The summed E-state index contributed by atoms with van der Waals surface area (Å²) in [7, 11) is 1.64. The van der Waals surface area contributed by atoms with Crippen LogP contribution in [0.3, 0.4) is 0 Å². The third-order valence-electron chi connectivity index (χ3n) is 6.37. The Kier molecular flexibility index (Phi) is 7.96. The summed E-state index contributed by atoms with van der Waals surface area (Å²) in [5.41, 5.74) is 0.0973. The van der Waals surface area contributed by atoms with Crippen LogP contribution in [0, 0.1) is 5.41 Å². The molecule has 2 heterocycles. The van der Waals surface area contributed by atoms with Gasteiger partial charge in [0.1, 0.15) is 5.82 Å². The van der Waals surface area contributed by atoms with E-state index in [1.165, 1.54) is 0 Å². The highest BCUT2D eigenvalue weighted by Crippen LogP contribution is 2.29. The normalized spacial score (nSPS) is 18.8. The van der Waals surface area contributed by atoms with Gasteiger partial charge in [-0.25, -0.2) is 4.98 Å². The zero-order chi connectivity index (χ0) is 23.5. The third-order valence-corrected chi connectivity index (χ3v) is 7.04. The number of para-hydroxylation sites is 1. The average molecular weight is 463 g/mol. The van der Waals surface area contributed by atoms with E-state index in [2.05, 4.69) is 18.7 Å². The Labute approximate surface area is 195 Å². The molecule has 2 unspecified atom stereocenters. The van der Waals surface area contributed by atoms with Crippen molar-refractivity contribution in [3.05, 3.63) is 40.4 Å². The smallest absolute Gasteiger partial charge is 0.261 e. The minimum absolute atomic E-state index is 0.0232. The molecule has 1 fully saturated rings. The van der Waals surface area contributed by atoms with E-state index in [1.54, 1.807) is 11.7 Å². The maximum absolute atomic E-state index is 13.3. The number of ether oxygens (including phenoxy) is 1. The maximum Gasteiger partial charge on any atom is 0.261 e. The number of methoxy groups -OCH3 is 1. The first-order valence-corrected chi connectivity index (χ1v) is 11.9. The van der Waals surface area contributed by atoms with Gasteiger partial charge in [-0.15, -0.1) is 11.6 Å². The highest BCUT2D eigenvalue weighted by atomic mass is 35.5. The monoisotopic (exact) mass is 462 g/mol. The van der Waals surface area contributed by atoms with Crippen molar-refractivity contribution in [3.63, 3.8) is 0 Å². The number of nitrogens with zero attached hydrogens (tertiary/aromatic N) is 4. The van der Waals surface area contributed by atoms with Gasteiger partial charge in [0.2, 0.25) is 5.91 Å². The van der Waals surface area contributed by atoms with E-state index < -0.39 is 5.41 Å². The zero-order valence-electron chi connectivity index (χ0n) is 19.8. The number of piperazine rings is 1. The third kappa shape index (κ3) is 4.85. The Balaban J connectivity index is 1.93. The van der Waals surface area contributed by atoms with Gasteiger partial charge in [0, 0.05) is 38.7 Å². The van der Waals surface area contributed by atoms with Crippen molar-refractivity contribution in [1.82, 2.24) is 19.4 Å². The van der Waals surface area contributed by atoms with Crippen molar-refractivity contribution >= 4 is 28.4 Å². The van der Waals surface area contributed by atoms with Crippen molar-refractivity contribution in [2.24, 2.45) is 5.41 Å². The molecule has 3 rings (SSSR count). The lowest BCUT2D eigenvalue weighted by molar-refractivity contribution is -0.144. The summed E-state index contributed by atoms with van der Waals surface area (Å²) in [6.45, 7) is 10.9. The van der Waals surface area contributed by atoms with Crippen LogP contribution in [0.1, 0.15) is 46.0 Å². The second-order valence-corrected chi connectivity index (χ2v) is 9.49. The fraction of sp³-hybridized carbons (Fsp3) is 0.625. The molecule has 1 amide bonds. The number of halogens is 1. The summed E-state index contributed by atoms with van der Waals surface area (Å²) in [6, 6.07) is 7.51. The number of aromatic nitrogens is 2. The van der Waals surface area contributed by atoms with E-state index in [0.29, 0.717) is 36.5 Å². The number of alkyl halides is 1. The summed E-state index contributed by atoms with van der Waals surface area (Å²) in [4.78, 5) is 35.5.